The van der Waals surface area contributed by atoms with Crippen molar-refractivity contribution in [2.45, 2.75) is 19.3 Å². The van der Waals surface area contributed by atoms with Crippen molar-refractivity contribution >= 4 is 43.9 Å². The highest BCUT2D eigenvalue weighted by Gasteiger charge is 2.36. The van der Waals surface area contributed by atoms with Gasteiger partial charge in [0.15, 0.2) is 11.4 Å². The van der Waals surface area contributed by atoms with Crippen molar-refractivity contribution < 1.29 is 4.42 Å². The van der Waals surface area contributed by atoms with Crippen molar-refractivity contribution in [2.75, 3.05) is 0 Å². The summed E-state index contributed by atoms with van der Waals surface area (Å²) in [5, 5.41) is 3.41. The number of hydrogen-bond acceptors (Lipinski definition) is 3. The largest absolute Gasteiger partial charge is 0.451 e. The van der Waals surface area contributed by atoms with E-state index in [1.54, 1.807) is 0 Å². The minimum Gasteiger partial charge on any atom is -0.451 e. The molecule has 0 unspecified atom stereocenters. The van der Waals surface area contributed by atoms with Gasteiger partial charge in [-0.1, -0.05) is 135 Å². The van der Waals surface area contributed by atoms with Gasteiger partial charge >= 0.3 is 0 Å². The zero-order valence-corrected chi connectivity index (χ0v) is 29.3. The highest BCUT2D eigenvalue weighted by atomic mass is 16.3. The Balaban J connectivity index is 1.18. The molecule has 0 spiro atoms. The first kappa shape index (κ1) is 29.9. The van der Waals surface area contributed by atoms with Gasteiger partial charge in [0, 0.05) is 44.0 Å². The molecule has 0 N–H and O–H groups in total. The summed E-state index contributed by atoms with van der Waals surface area (Å²) in [4.78, 5) is 10.2. The molecule has 11 rings (SSSR count). The number of para-hydroxylation sites is 2. The first-order chi connectivity index (χ1) is 26.0. The average Bonchev–Trinajstić information content (AvgIpc) is 3.83. The van der Waals surface area contributed by atoms with Crippen LogP contribution in [0.4, 0.5) is 0 Å². The van der Waals surface area contributed by atoms with Gasteiger partial charge in [0.25, 0.3) is 0 Å². The molecule has 3 heterocycles. The molecule has 53 heavy (non-hydrogen) atoms. The molecule has 0 amide bonds. The summed E-state index contributed by atoms with van der Waals surface area (Å²) in [6, 6.07) is 58.1. The van der Waals surface area contributed by atoms with Crippen LogP contribution >= 0.6 is 0 Å². The van der Waals surface area contributed by atoms with Crippen LogP contribution in [-0.4, -0.2) is 14.5 Å². The third kappa shape index (κ3) is 4.36. The number of nitrogens with zero attached hydrogens (tertiary/aromatic N) is 3. The van der Waals surface area contributed by atoms with E-state index in [4.69, 9.17) is 14.4 Å². The zero-order chi connectivity index (χ0) is 35.3. The van der Waals surface area contributed by atoms with E-state index in [-0.39, 0.29) is 5.41 Å². The van der Waals surface area contributed by atoms with E-state index in [1.807, 2.05) is 36.4 Å². The Hall–Kier alpha value is -6.78. The van der Waals surface area contributed by atoms with Crippen LogP contribution in [0.25, 0.3) is 94.5 Å². The molecule has 10 aromatic rings. The molecule has 0 bridgehead atoms. The monoisotopic (exact) mass is 679 g/mol. The van der Waals surface area contributed by atoms with E-state index >= 15 is 0 Å². The normalized spacial score (nSPS) is 13.2. The molecule has 1 aliphatic rings. The SMILES string of the molecule is CC1(C)c2ccccc2-c2cc3c4cc(-c5cccc6c5oc5c(-c7ccccc7)nc(-c7ccccc7)nc56)ccc4n(-c4ccccc4)c3cc21. The number of furan rings is 1. The molecule has 0 radical (unpaired) electrons. The molecule has 0 saturated heterocycles. The Morgan fingerprint density at radius 2 is 1.15 bits per heavy atom. The fraction of sp³-hybridized carbons (Fsp3) is 0.0612. The summed E-state index contributed by atoms with van der Waals surface area (Å²) >= 11 is 0. The number of aromatic nitrogens is 3. The maximum atomic E-state index is 6.88. The van der Waals surface area contributed by atoms with Crippen LogP contribution in [0.2, 0.25) is 0 Å². The van der Waals surface area contributed by atoms with E-state index in [9.17, 15) is 0 Å². The third-order valence-electron chi connectivity index (χ3n) is 11.2. The molecule has 4 nitrogen and oxygen atoms in total. The fourth-order valence-electron chi connectivity index (χ4n) is 8.64. The molecule has 3 aromatic heterocycles. The second-order valence-electron chi connectivity index (χ2n) is 14.6. The summed E-state index contributed by atoms with van der Waals surface area (Å²) in [5.74, 6) is 0.678. The molecule has 250 valence electrons. The summed E-state index contributed by atoms with van der Waals surface area (Å²) in [5.41, 5.74) is 16.0. The molecule has 7 aromatic carbocycles. The second kappa shape index (κ2) is 11.1. The molecule has 0 atom stereocenters. The summed E-state index contributed by atoms with van der Waals surface area (Å²) in [7, 11) is 0. The first-order valence-electron chi connectivity index (χ1n) is 18.2. The van der Waals surface area contributed by atoms with Crippen molar-refractivity contribution in [1.29, 1.82) is 0 Å². The van der Waals surface area contributed by atoms with Crippen molar-refractivity contribution in [2.24, 2.45) is 0 Å². The zero-order valence-electron chi connectivity index (χ0n) is 29.3. The second-order valence-corrected chi connectivity index (χ2v) is 14.6. The van der Waals surface area contributed by atoms with Gasteiger partial charge in [0.05, 0.1) is 11.0 Å². The number of benzene rings is 7. The number of fused-ring (bicyclic) bond motifs is 9. The Labute approximate surface area is 306 Å². The molecular weight excluding hydrogens is 647 g/mol. The lowest BCUT2D eigenvalue weighted by Crippen LogP contribution is -2.14. The van der Waals surface area contributed by atoms with Crippen LogP contribution in [0.1, 0.15) is 25.0 Å². The number of hydrogen-bond donors (Lipinski definition) is 0. The number of rotatable bonds is 4. The van der Waals surface area contributed by atoms with Gasteiger partial charge in [-0.3, -0.25) is 0 Å². The molecule has 0 saturated carbocycles. The predicted octanol–water partition coefficient (Wildman–Crippen LogP) is 12.8. The lowest BCUT2D eigenvalue weighted by molar-refractivity contribution is 0.661. The van der Waals surface area contributed by atoms with Gasteiger partial charge in [-0.15, -0.1) is 0 Å². The highest BCUT2D eigenvalue weighted by molar-refractivity contribution is 6.15. The van der Waals surface area contributed by atoms with Gasteiger partial charge in [0.2, 0.25) is 0 Å². The van der Waals surface area contributed by atoms with Crippen LogP contribution in [0.15, 0.2) is 168 Å². The third-order valence-corrected chi connectivity index (χ3v) is 11.2. The van der Waals surface area contributed by atoms with E-state index in [2.05, 4.69) is 146 Å². The summed E-state index contributed by atoms with van der Waals surface area (Å²) in [6.07, 6.45) is 0. The van der Waals surface area contributed by atoms with Crippen molar-refractivity contribution in [3.8, 4) is 50.6 Å². The quantitative estimate of drug-likeness (QED) is 0.186. The van der Waals surface area contributed by atoms with Crippen LogP contribution in [-0.2, 0) is 5.41 Å². The Kier molecular flexibility index (Phi) is 6.27. The molecule has 1 aliphatic carbocycles. The van der Waals surface area contributed by atoms with Crippen molar-refractivity contribution in [3.05, 3.63) is 175 Å². The predicted molar refractivity (Wildman–Crippen MR) is 218 cm³/mol. The minimum atomic E-state index is -0.0952. The van der Waals surface area contributed by atoms with Crippen molar-refractivity contribution in [1.82, 2.24) is 14.5 Å². The van der Waals surface area contributed by atoms with Gasteiger partial charge in [0.1, 0.15) is 16.8 Å². The van der Waals surface area contributed by atoms with E-state index in [0.29, 0.717) is 11.4 Å². The lowest BCUT2D eigenvalue weighted by Gasteiger charge is -2.21. The van der Waals surface area contributed by atoms with Crippen LogP contribution < -0.4 is 0 Å². The van der Waals surface area contributed by atoms with Gasteiger partial charge < -0.3 is 8.98 Å². The van der Waals surface area contributed by atoms with E-state index < -0.39 is 0 Å². The molecular formula is C49H33N3O. The van der Waals surface area contributed by atoms with Gasteiger partial charge in [-0.05, 0) is 70.3 Å². The standard InChI is InChI=1S/C49H33N3O/c1-49(2)40-24-13-12-21-35(40)37-28-39-38-27-32(25-26-42(38)52(43(39)29-41(37)49)33-19-10-5-11-20-33)34-22-14-23-36-45-47(53-46(34)36)44(30-15-6-3-7-16-30)50-48(51-45)31-17-8-4-9-18-31/h3-29H,1-2H3. The highest BCUT2D eigenvalue weighted by Crippen LogP contribution is 2.51. The van der Waals surface area contributed by atoms with Gasteiger partial charge in [-0.25, -0.2) is 9.97 Å². The average molecular weight is 680 g/mol. The topological polar surface area (TPSA) is 43.9 Å². The van der Waals surface area contributed by atoms with Crippen molar-refractivity contribution in [3.63, 3.8) is 0 Å². The Morgan fingerprint density at radius 1 is 0.472 bits per heavy atom. The minimum absolute atomic E-state index is 0.0952. The van der Waals surface area contributed by atoms with Crippen LogP contribution in [0.5, 0.6) is 0 Å². The Bertz CT molecular complexity index is 3060. The Morgan fingerprint density at radius 3 is 1.94 bits per heavy atom. The lowest BCUT2D eigenvalue weighted by atomic mass is 9.82. The van der Waals surface area contributed by atoms with Gasteiger partial charge in [-0.2, -0.15) is 0 Å². The molecule has 0 fully saturated rings. The maximum absolute atomic E-state index is 6.88. The smallest absolute Gasteiger partial charge is 0.180 e. The molecule has 0 aliphatic heterocycles. The molecule has 4 heteroatoms. The summed E-state index contributed by atoms with van der Waals surface area (Å²) < 4.78 is 9.30. The maximum Gasteiger partial charge on any atom is 0.180 e. The first-order valence-corrected chi connectivity index (χ1v) is 18.2. The van der Waals surface area contributed by atoms with Crippen LogP contribution in [0.3, 0.4) is 0 Å². The van der Waals surface area contributed by atoms with E-state index in [1.165, 1.54) is 44.1 Å². The fourth-order valence-corrected chi connectivity index (χ4v) is 8.64. The summed E-state index contributed by atoms with van der Waals surface area (Å²) in [6.45, 7) is 4.70. The van der Waals surface area contributed by atoms with Crippen LogP contribution in [0, 0.1) is 0 Å². The van der Waals surface area contributed by atoms with E-state index in [0.717, 1.165) is 50.1 Å².